The van der Waals surface area contributed by atoms with Crippen LogP contribution in [0.1, 0.15) is 23.0 Å². The number of aryl methyl sites for hydroxylation is 1. The molecule has 1 aromatic carbocycles. The van der Waals surface area contributed by atoms with Gasteiger partial charge in [-0.25, -0.2) is 4.98 Å². The minimum absolute atomic E-state index is 0.224. The maximum Gasteiger partial charge on any atom is 0.145 e. The summed E-state index contributed by atoms with van der Waals surface area (Å²) < 4.78 is 0. The SMILES string of the molecule is Cc1ccc([C@H](N)c2ncn[nH]2)cc1. The average Bonchev–Trinajstić information content (AvgIpc) is 2.71. The van der Waals surface area contributed by atoms with E-state index in [-0.39, 0.29) is 6.04 Å². The second kappa shape index (κ2) is 3.59. The molecule has 0 aliphatic rings. The Labute approximate surface area is 82.2 Å². The molecular weight excluding hydrogens is 176 g/mol. The highest BCUT2D eigenvalue weighted by atomic mass is 15.2. The number of nitrogens with zero attached hydrogens (tertiary/aromatic N) is 2. The number of aromatic amines is 1. The van der Waals surface area contributed by atoms with Crippen LogP contribution in [0.5, 0.6) is 0 Å². The Morgan fingerprint density at radius 1 is 1.29 bits per heavy atom. The van der Waals surface area contributed by atoms with E-state index in [1.807, 2.05) is 31.2 Å². The largest absolute Gasteiger partial charge is 0.318 e. The van der Waals surface area contributed by atoms with Crippen LogP contribution in [0.15, 0.2) is 30.6 Å². The first-order valence-electron chi connectivity index (χ1n) is 4.45. The summed E-state index contributed by atoms with van der Waals surface area (Å²) in [5.74, 6) is 0.689. The summed E-state index contributed by atoms with van der Waals surface area (Å²) >= 11 is 0. The summed E-state index contributed by atoms with van der Waals surface area (Å²) in [5, 5.41) is 6.53. The Balaban J connectivity index is 2.28. The van der Waals surface area contributed by atoms with Gasteiger partial charge in [-0.2, -0.15) is 5.10 Å². The third kappa shape index (κ3) is 1.65. The topological polar surface area (TPSA) is 67.6 Å². The van der Waals surface area contributed by atoms with E-state index in [9.17, 15) is 0 Å². The molecule has 0 aliphatic heterocycles. The molecule has 4 nitrogen and oxygen atoms in total. The summed E-state index contributed by atoms with van der Waals surface area (Å²) in [6.07, 6.45) is 1.46. The lowest BCUT2D eigenvalue weighted by atomic mass is 10.1. The fourth-order valence-corrected chi connectivity index (χ4v) is 1.30. The van der Waals surface area contributed by atoms with Gasteiger partial charge in [-0.3, -0.25) is 5.10 Å². The zero-order valence-corrected chi connectivity index (χ0v) is 7.94. The molecule has 1 aromatic heterocycles. The van der Waals surface area contributed by atoms with Gasteiger partial charge in [0.2, 0.25) is 0 Å². The Morgan fingerprint density at radius 2 is 2.00 bits per heavy atom. The molecule has 0 saturated heterocycles. The highest BCUT2D eigenvalue weighted by Crippen LogP contribution is 2.15. The lowest BCUT2D eigenvalue weighted by Gasteiger charge is -2.08. The minimum Gasteiger partial charge on any atom is -0.318 e. The van der Waals surface area contributed by atoms with E-state index in [0.717, 1.165) is 5.56 Å². The molecule has 2 aromatic rings. The second-order valence-corrected chi connectivity index (χ2v) is 3.26. The fraction of sp³-hybridized carbons (Fsp3) is 0.200. The smallest absolute Gasteiger partial charge is 0.145 e. The molecule has 4 heteroatoms. The van der Waals surface area contributed by atoms with Gasteiger partial charge >= 0.3 is 0 Å². The predicted octanol–water partition coefficient (Wildman–Crippen LogP) is 1.16. The Kier molecular flexibility index (Phi) is 2.28. The van der Waals surface area contributed by atoms with Crippen LogP contribution in [0.3, 0.4) is 0 Å². The molecule has 0 saturated carbocycles. The first kappa shape index (κ1) is 8.90. The molecule has 0 unspecified atom stereocenters. The van der Waals surface area contributed by atoms with Crippen LogP contribution >= 0.6 is 0 Å². The van der Waals surface area contributed by atoms with Gasteiger partial charge in [0, 0.05) is 0 Å². The Morgan fingerprint density at radius 3 is 2.57 bits per heavy atom. The molecular formula is C10H12N4. The number of benzene rings is 1. The van der Waals surface area contributed by atoms with Crippen molar-refractivity contribution in [2.24, 2.45) is 5.73 Å². The van der Waals surface area contributed by atoms with E-state index in [1.54, 1.807) is 0 Å². The summed E-state index contributed by atoms with van der Waals surface area (Å²) in [6, 6.07) is 7.85. The first-order valence-corrected chi connectivity index (χ1v) is 4.45. The third-order valence-electron chi connectivity index (χ3n) is 2.16. The van der Waals surface area contributed by atoms with Crippen molar-refractivity contribution in [1.29, 1.82) is 0 Å². The summed E-state index contributed by atoms with van der Waals surface area (Å²) in [5.41, 5.74) is 8.23. The van der Waals surface area contributed by atoms with E-state index in [2.05, 4.69) is 15.2 Å². The Hall–Kier alpha value is -1.68. The molecule has 3 N–H and O–H groups in total. The van der Waals surface area contributed by atoms with E-state index < -0.39 is 0 Å². The van der Waals surface area contributed by atoms with Crippen LogP contribution in [0.25, 0.3) is 0 Å². The number of nitrogens with two attached hydrogens (primary N) is 1. The van der Waals surface area contributed by atoms with Gasteiger partial charge in [-0.15, -0.1) is 0 Å². The van der Waals surface area contributed by atoms with Crippen LogP contribution in [0.4, 0.5) is 0 Å². The first-order chi connectivity index (χ1) is 6.77. The summed E-state index contributed by atoms with van der Waals surface area (Å²) in [7, 11) is 0. The lowest BCUT2D eigenvalue weighted by molar-refractivity contribution is 0.787. The minimum atomic E-state index is -0.224. The molecule has 72 valence electrons. The van der Waals surface area contributed by atoms with E-state index >= 15 is 0 Å². The lowest BCUT2D eigenvalue weighted by Crippen LogP contribution is -2.13. The van der Waals surface area contributed by atoms with Crippen molar-refractivity contribution >= 4 is 0 Å². The van der Waals surface area contributed by atoms with Crippen LogP contribution < -0.4 is 5.73 Å². The van der Waals surface area contributed by atoms with E-state index in [1.165, 1.54) is 11.9 Å². The van der Waals surface area contributed by atoms with Crippen LogP contribution in [0, 0.1) is 6.92 Å². The molecule has 0 aliphatic carbocycles. The molecule has 0 radical (unpaired) electrons. The van der Waals surface area contributed by atoms with Gasteiger partial charge in [-0.1, -0.05) is 29.8 Å². The number of aromatic nitrogens is 3. The van der Waals surface area contributed by atoms with Crippen LogP contribution in [0.2, 0.25) is 0 Å². The molecule has 0 fully saturated rings. The summed E-state index contributed by atoms with van der Waals surface area (Å²) in [6.45, 7) is 2.05. The van der Waals surface area contributed by atoms with Gasteiger partial charge in [0.1, 0.15) is 12.2 Å². The standard InChI is InChI=1S/C10H12N4/c1-7-2-4-8(5-3-7)9(11)10-12-6-13-14-10/h2-6,9H,11H2,1H3,(H,12,13,14)/t9-/m0/s1. The van der Waals surface area contributed by atoms with Gasteiger partial charge in [-0.05, 0) is 12.5 Å². The highest BCUT2D eigenvalue weighted by Gasteiger charge is 2.10. The fourth-order valence-electron chi connectivity index (χ4n) is 1.30. The number of hydrogen-bond donors (Lipinski definition) is 2. The molecule has 0 spiro atoms. The number of H-pyrrole nitrogens is 1. The van der Waals surface area contributed by atoms with Crippen molar-refractivity contribution < 1.29 is 0 Å². The molecule has 1 atom stereocenters. The molecule has 1 heterocycles. The van der Waals surface area contributed by atoms with Crippen molar-refractivity contribution in [1.82, 2.24) is 15.2 Å². The van der Waals surface area contributed by atoms with Gasteiger partial charge in [0.15, 0.2) is 0 Å². The van der Waals surface area contributed by atoms with Crippen molar-refractivity contribution in [2.45, 2.75) is 13.0 Å². The number of rotatable bonds is 2. The molecule has 14 heavy (non-hydrogen) atoms. The Bertz CT molecular complexity index is 391. The zero-order chi connectivity index (χ0) is 9.97. The van der Waals surface area contributed by atoms with Crippen molar-refractivity contribution in [3.8, 4) is 0 Å². The van der Waals surface area contributed by atoms with Gasteiger partial charge < -0.3 is 5.73 Å². The monoisotopic (exact) mass is 188 g/mol. The van der Waals surface area contributed by atoms with Gasteiger partial charge in [0.25, 0.3) is 0 Å². The van der Waals surface area contributed by atoms with Crippen molar-refractivity contribution in [3.05, 3.63) is 47.5 Å². The van der Waals surface area contributed by atoms with Crippen LogP contribution in [-0.2, 0) is 0 Å². The maximum absolute atomic E-state index is 5.98. The normalized spacial score (nSPS) is 12.7. The number of nitrogens with one attached hydrogen (secondary N) is 1. The maximum atomic E-state index is 5.98. The molecule has 2 rings (SSSR count). The number of hydrogen-bond acceptors (Lipinski definition) is 3. The van der Waals surface area contributed by atoms with E-state index in [0.29, 0.717) is 5.82 Å². The van der Waals surface area contributed by atoms with Gasteiger partial charge in [0.05, 0.1) is 6.04 Å². The second-order valence-electron chi connectivity index (χ2n) is 3.26. The average molecular weight is 188 g/mol. The molecule has 0 bridgehead atoms. The predicted molar refractivity (Wildman–Crippen MR) is 53.6 cm³/mol. The quantitative estimate of drug-likeness (QED) is 0.743. The van der Waals surface area contributed by atoms with Crippen LogP contribution in [-0.4, -0.2) is 15.2 Å². The highest BCUT2D eigenvalue weighted by molar-refractivity contribution is 5.27. The van der Waals surface area contributed by atoms with Crippen molar-refractivity contribution in [2.75, 3.05) is 0 Å². The van der Waals surface area contributed by atoms with E-state index in [4.69, 9.17) is 5.73 Å². The third-order valence-corrected chi connectivity index (χ3v) is 2.16. The summed E-state index contributed by atoms with van der Waals surface area (Å²) in [4.78, 5) is 4.02. The molecule has 0 amide bonds. The zero-order valence-electron chi connectivity index (χ0n) is 7.94. The van der Waals surface area contributed by atoms with Crippen molar-refractivity contribution in [3.63, 3.8) is 0 Å².